The molecule has 3 rings (SSSR count). The first-order valence-corrected chi connectivity index (χ1v) is 7.93. The van der Waals surface area contributed by atoms with E-state index < -0.39 is 11.4 Å². The van der Waals surface area contributed by atoms with Gasteiger partial charge in [-0.15, -0.1) is 0 Å². The molecule has 2 aliphatic carbocycles. The van der Waals surface area contributed by atoms with Gasteiger partial charge < -0.3 is 4.74 Å². The molecule has 1 aromatic rings. The van der Waals surface area contributed by atoms with E-state index >= 15 is 0 Å². The van der Waals surface area contributed by atoms with Crippen LogP contribution in [0, 0.1) is 22.7 Å². The van der Waals surface area contributed by atoms with Crippen LogP contribution in [-0.4, -0.2) is 24.6 Å². The minimum Gasteiger partial charge on any atom is -0.465 e. The van der Waals surface area contributed by atoms with Gasteiger partial charge in [0.1, 0.15) is 5.41 Å². The zero-order valence-corrected chi connectivity index (χ0v) is 13.4. The Balaban J connectivity index is 1.94. The lowest BCUT2D eigenvalue weighted by atomic mass is 9.64. The molecule has 0 aromatic heterocycles. The third-order valence-electron chi connectivity index (χ3n) is 5.03. The smallest absolute Gasteiger partial charge is 0.337 e. The number of nitriles is 1. The highest BCUT2D eigenvalue weighted by molar-refractivity contribution is 6.15. The maximum absolute atomic E-state index is 12.9. The lowest BCUT2D eigenvalue weighted by molar-refractivity contribution is -0.128. The number of rotatable bonds is 3. The van der Waals surface area contributed by atoms with Gasteiger partial charge in [0.2, 0.25) is 0 Å². The van der Waals surface area contributed by atoms with Crippen molar-refractivity contribution in [2.75, 3.05) is 7.11 Å². The van der Waals surface area contributed by atoms with Crippen LogP contribution in [0.3, 0.4) is 0 Å². The van der Waals surface area contributed by atoms with Crippen molar-refractivity contribution in [1.29, 1.82) is 5.26 Å². The van der Waals surface area contributed by atoms with E-state index in [1.165, 1.54) is 31.4 Å². The van der Waals surface area contributed by atoms with E-state index in [0.29, 0.717) is 29.5 Å². The quantitative estimate of drug-likeness (QED) is 0.631. The first-order valence-electron chi connectivity index (χ1n) is 7.93. The summed E-state index contributed by atoms with van der Waals surface area (Å²) in [5, 5.41) is 9.71. The van der Waals surface area contributed by atoms with Gasteiger partial charge in [0.25, 0.3) is 0 Å². The monoisotopic (exact) mass is 323 g/mol. The number of carbonyl (C=O) groups is 3. The van der Waals surface area contributed by atoms with Gasteiger partial charge in [-0.3, -0.25) is 9.59 Å². The highest BCUT2D eigenvalue weighted by Crippen LogP contribution is 2.51. The van der Waals surface area contributed by atoms with Crippen LogP contribution in [0.25, 0.3) is 0 Å². The highest BCUT2D eigenvalue weighted by atomic mass is 16.5. The molecule has 2 aliphatic rings. The van der Waals surface area contributed by atoms with Crippen molar-refractivity contribution in [1.82, 2.24) is 0 Å². The summed E-state index contributed by atoms with van der Waals surface area (Å²) in [6.07, 6.45) is 4.23. The van der Waals surface area contributed by atoms with Gasteiger partial charge in [-0.05, 0) is 37.3 Å². The summed E-state index contributed by atoms with van der Waals surface area (Å²) >= 11 is 0. The number of methoxy groups -OCH3 is 1. The van der Waals surface area contributed by atoms with Crippen molar-refractivity contribution in [3.8, 4) is 6.07 Å². The van der Waals surface area contributed by atoms with Gasteiger partial charge in [-0.1, -0.05) is 18.2 Å². The summed E-state index contributed by atoms with van der Waals surface area (Å²) < 4.78 is 4.63. The Hall–Kier alpha value is -2.74. The second-order valence-electron chi connectivity index (χ2n) is 6.18. The Morgan fingerprint density at radius 2 is 1.92 bits per heavy atom. The van der Waals surface area contributed by atoms with Gasteiger partial charge in [0.05, 0.1) is 18.7 Å². The normalized spacial score (nSPS) is 25.4. The Morgan fingerprint density at radius 3 is 2.54 bits per heavy atom. The van der Waals surface area contributed by atoms with Gasteiger partial charge in [0.15, 0.2) is 11.6 Å². The fourth-order valence-electron chi connectivity index (χ4n) is 3.75. The summed E-state index contributed by atoms with van der Waals surface area (Å²) in [5.41, 5.74) is -0.291. The highest BCUT2D eigenvalue weighted by Gasteiger charge is 2.55. The number of benzene rings is 1. The Labute approximate surface area is 139 Å². The van der Waals surface area contributed by atoms with E-state index in [2.05, 4.69) is 10.8 Å². The number of hydrogen-bond acceptors (Lipinski definition) is 5. The molecular weight excluding hydrogens is 306 g/mol. The van der Waals surface area contributed by atoms with Crippen LogP contribution >= 0.6 is 0 Å². The third-order valence-corrected chi connectivity index (χ3v) is 5.03. The Morgan fingerprint density at radius 1 is 1.25 bits per heavy atom. The zero-order valence-electron chi connectivity index (χ0n) is 13.4. The second-order valence-corrected chi connectivity index (χ2v) is 6.18. The Kier molecular flexibility index (Phi) is 4.06. The molecule has 0 spiro atoms. The van der Waals surface area contributed by atoms with Gasteiger partial charge >= 0.3 is 5.97 Å². The molecular formula is C19H17NO4. The molecule has 1 aromatic carbocycles. The third kappa shape index (κ3) is 2.26. The van der Waals surface area contributed by atoms with Crippen LogP contribution in [0.15, 0.2) is 35.9 Å². The SMILES string of the molecule is COC(=O)c1ccc(C(=O)C2=CCC3CCCC(=O)C23C#N)cc1. The lowest BCUT2D eigenvalue weighted by Crippen LogP contribution is -2.41. The van der Waals surface area contributed by atoms with E-state index in [1.807, 2.05) is 0 Å². The van der Waals surface area contributed by atoms with Crippen molar-refractivity contribution in [2.45, 2.75) is 25.7 Å². The zero-order chi connectivity index (χ0) is 17.3. The predicted octanol–water partition coefficient (Wildman–Crippen LogP) is 2.87. The molecule has 0 aliphatic heterocycles. The second kappa shape index (κ2) is 6.04. The summed E-state index contributed by atoms with van der Waals surface area (Å²) in [4.78, 5) is 36.8. The molecule has 0 N–H and O–H groups in total. The number of fused-ring (bicyclic) bond motifs is 1. The molecule has 5 nitrogen and oxygen atoms in total. The summed E-state index contributed by atoms with van der Waals surface area (Å²) in [5.74, 6) is -1.04. The van der Waals surface area contributed by atoms with Crippen molar-refractivity contribution in [3.63, 3.8) is 0 Å². The van der Waals surface area contributed by atoms with Crippen molar-refractivity contribution >= 4 is 17.5 Å². The molecule has 0 amide bonds. The number of allylic oxidation sites excluding steroid dienone is 2. The van der Waals surface area contributed by atoms with Gasteiger partial charge in [0, 0.05) is 17.6 Å². The van der Waals surface area contributed by atoms with Crippen LogP contribution in [0.2, 0.25) is 0 Å². The molecule has 2 atom stereocenters. The number of hydrogen-bond donors (Lipinski definition) is 0. The average molecular weight is 323 g/mol. The van der Waals surface area contributed by atoms with Crippen LogP contribution in [0.4, 0.5) is 0 Å². The summed E-state index contributed by atoms with van der Waals surface area (Å²) in [6.45, 7) is 0. The van der Waals surface area contributed by atoms with Crippen molar-refractivity contribution in [2.24, 2.45) is 11.3 Å². The molecule has 0 saturated heterocycles. The number of ether oxygens (including phenoxy) is 1. The maximum atomic E-state index is 12.9. The molecule has 24 heavy (non-hydrogen) atoms. The number of ketones is 2. The summed E-state index contributed by atoms with van der Waals surface area (Å²) in [6, 6.07) is 8.23. The molecule has 1 saturated carbocycles. The number of nitrogens with zero attached hydrogens (tertiary/aromatic N) is 1. The van der Waals surface area contributed by atoms with E-state index in [-0.39, 0.29) is 17.5 Å². The minimum atomic E-state index is -1.30. The Bertz CT molecular complexity index is 785. The molecule has 0 radical (unpaired) electrons. The molecule has 1 fully saturated rings. The fourth-order valence-corrected chi connectivity index (χ4v) is 3.75. The first kappa shape index (κ1) is 16.1. The largest absolute Gasteiger partial charge is 0.465 e. The topological polar surface area (TPSA) is 84.2 Å². The van der Waals surface area contributed by atoms with E-state index in [0.717, 1.165) is 12.8 Å². The van der Waals surface area contributed by atoms with Crippen LogP contribution < -0.4 is 0 Å². The van der Waals surface area contributed by atoms with E-state index in [1.54, 1.807) is 6.08 Å². The molecule has 0 heterocycles. The summed E-state index contributed by atoms with van der Waals surface area (Å²) in [7, 11) is 1.29. The van der Waals surface area contributed by atoms with Crippen molar-refractivity contribution in [3.05, 3.63) is 47.0 Å². The molecule has 0 bridgehead atoms. The average Bonchev–Trinajstić information content (AvgIpc) is 3.01. The van der Waals surface area contributed by atoms with Crippen LogP contribution in [-0.2, 0) is 9.53 Å². The van der Waals surface area contributed by atoms with Crippen molar-refractivity contribution < 1.29 is 19.1 Å². The van der Waals surface area contributed by atoms with Crippen LogP contribution in [0.1, 0.15) is 46.4 Å². The molecule has 5 heteroatoms. The maximum Gasteiger partial charge on any atom is 0.337 e. The lowest BCUT2D eigenvalue weighted by Gasteiger charge is -2.33. The fraction of sp³-hybridized carbons (Fsp3) is 0.368. The van der Waals surface area contributed by atoms with Crippen LogP contribution in [0.5, 0.6) is 0 Å². The molecule has 2 unspecified atom stereocenters. The predicted molar refractivity (Wildman–Crippen MR) is 85.2 cm³/mol. The van der Waals surface area contributed by atoms with Gasteiger partial charge in [-0.25, -0.2) is 4.79 Å². The number of carbonyl (C=O) groups excluding carboxylic acids is 3. The first-order chi connectivity index (χ1) is 11.5. The van der Waals surface area contributed by atoms with E-state index in [9.17, 15) is 19.6 Å². The number of esters is 1. The molecule has 122 valence electrons. The number of Topliss-reactive ketones (excluding diaryl/α,β-unsaturated/α-hetero) is 2. The standard InChI is InChI=1S/C19H17NO4/c1-24-18(23)13-7-5-12(6-8-13)17(22)15-10-9-14-3-2-4-16(21)19(14,15)11-20/h5-8,10,14H,2-4,9H2,1H3. The minimum absolute atomic E-state index is 0.1000. The van der Waals surface area contributed by atoms with E-state index in [4.69, 9.17) is 0 Å². The van der Waals surface area contributed by atoms with Gasteiger partial charge in [-0.2, -0.15) is 5.26 Å².